The van der Waals surface area contributed by atoms with Gasteiger partial charge in [0.05, 0.1) is 25.3 Å². The summed E-state index contributed by atoms with van der Waals surface area (Å²) in [4.78, 5) is 17.1. The molecule has 4 rings (SSSR count). The molecule has 0 bridgehead atoms. The normalized spacial score (nSPS) is 21.7. The standard InChI is InChI=1S/C20H25N3O3/c24-20(17-12-18(26-15-17)13-22-8-10-25-11-9-22)23-7-6-21-19(14-23)16-4-2-1-3-5-16/h1-5,12,15,19,21H,6-11,13-14H2. The maximum absolute atomic E-state index is 12.9. The Morgan fingerprint density at radius 3 is 2.77 bits per heavy atom. The number of rotatable bonds is 4. The lowest BCUT2D eigenvalue weighted by Gasteiger charge is -2.33. The summed E-state index contributed by atoms with van der Waals surface area (Å²) in [5.41, 5.74) is 1.85. The van der Waals surface area contributed by atoms with E-state index in [0.717, 1.165) is 45.2 Å². The quantitative estimate of drug-likeness (QED) is 0.908. The Bertz CT molecular complexity index is 725. The molecule has 2 aliphatic rings. The number of furan rings is 1. The number of hydrogen-bond donors (Lipinski definition) is 1. The molecular formula is C20H25N3O3. The van der Waals surface area contributed by atoms with E-state index in [0.29, 0.717) is 18.7 Å². The second-order valence-electron chi connectivity index (χ2n) is 6.86. The van der Waals surface area contributed by atoms with Crippen molar-refractivity contribution in [3.63, 3.8) is 0 Å². The van der Waals surface area contributed by atoms with Crippen molar-refractivity contribution in [1.82, 2.24) is 15.1 Å². The summed E-state index contributed by atoms with van der Waals surface area (Å²) < 4.78 is 11.0. The van der Waals surface area contributed by atoms with Gasteiger partial charge in [-0.25, -0.2) is 0 Å². The average molecular weight is 355 g/mol. The first-order valence-electron chi connectivity index (χ1n) is 9.25. The van der Waals surface area contributed by atoms with Gasteiger partial charge in [-0.05, 0) is 11.6 Å². The molecule has 6 nitrogen and oxygen atoms in total. The third-order valence-corrected chi connectivity index (χ3v) is 5.05. The van der Waals surface area contributed by atoms with Crippen LogP contribution in [0, 0.1) is 0 Å². The first-order valence-corrected chi connectivity index (χ1v) is 9.25. The van der Waals surface area contributed by atoms with Crippen molar-refractivity contribution in [1.29, 1.82) is 0 Å². The molecule has 3 heterocycles. The van der Waals surface area contributed by atoms with Crippen LogP contribution >= 0.6 is 0 Å². The minimum absolute atomic E-state index is 0.0457. The van der Waals surface area contributed by atoms with E-state index in [9.17, 15) is 4.79 Å². The van der Waals surface area contributed by atoms with Crippen LogP contribution in [0.15, 0.2) is 47.1 Å². The summed E-state index contributed by atoms with van der Waals surface area (Å²) in [6.07, 6.45) is 1.59. The number of piperazine rings is 1. The first kappa shape index (κ1) is 17.3. The predicted octanol–water partition coefficient (Wildman–Crippen LogP) is 1.90. The van der Waals surface area contributed by atoms with Crippen LogP contribution in [0.5, 0.6) is 0 Å². The number of ether oxygens (including phenoxy) is 1. The largest absolute Gasteiger partial charge is 0.467 e. The van der Waals surface area contributed by atoms with Crippen molar-refractivity contribution in [2.75, 3.05) is 45.9 Å². The zero-order chi connectivity index (χ0) is 17.8. The highest BCUT2D eigenvalue weighted by Gasteiger charge is 2.26. The zero-order valence-corrected chi connectivity index (χ0v) is 14.9. The van der Waals surface area contributed by atoms with Crippen LogP contribution in [0.3, 0.4) is 0 Å². The van der Waals surface area contributed by atoms with Crippen LogP contribution in [0.2, 0.25) is 0 Å². The molecule has 0 saturated carbocycles. The van der Waals surface area contributed by atoms with Crippen LogP contribution in [0.4, 0.5) is 0 Å². The number of hydrogen-bond acceptors (Lipinski definition) is 5. The van der Waals surface area contributed by atoms with Gasteiger partial charge in [-0.2, -0.15) is 0 Å². The van der Waals surface area contributed by atoms with Crippen molar-refractivity contribution in [2.45, 2.75) is 12.6 Å². The maximum Gasteiger partial charge on any atom is 0.257 e. The van der Waals surface area contributed by atoms with Crippen molar-refractivity contribution in [3.05, 3.63) is 59.5 Å². The monoisotopic (exact) mass is 355 g/mol. The summed E-state index contributed by atoms with van der Waals surface area (Å²) in [5, 5.41) is 3.50. The Kier molecular flexibility index (Phi) is 5.34. The Hall–Kier alpha value is -2.15. The Morgan fingerprint density at radius 1 is 1.15 bits per heavy atom. The van der Waals surface area contributed by atoms with Gasteiger partial charge in [0.2, 0.25) is 0 Å². The minimum atomic E-state index is 0.0457. The van der Waals surface area contributed by atoms with E-state index < -0.39 is 0 Å². The fraction of sp³-hybridized carbons (Fsp3) is 0.450. The molecule has 1 N–H and O–H groups in total. The summed E-state index contributed by atoms with van der Waals surface area (Å²) in [7, 11) is 0. The molecule has 2 saturated heterocycles. The summed E-state index contributed by atoms with van der Waals surface area (Å²) >= 11 is 0. The van der Waals surface area contributed by atoms with Gasteiger partial charge in [-0.1, -0.05) is 30.3 Å². The third kappa shape index (κ3) is 3.98. The van der Waals surface area contributed by atoms with Crippen molar-refractivity contribution in [3.8, 4) is 0 Å². The molecule has 1 amide bonds. The number of amides is 1. The van der Waals surface area contributed by atoms with Crippen LogP contribution in [-0.2, 0) is 11.3 Å². The molecule has 0 radical (unpaired) electrons. The molecule has 1 atom stereocenters. The molecule has 0 aliphatic carbocycles. The van der Waals surface area contributed by atoms with Crippen LogP contribution in [0.25, 0.3) is 0 Å². The lowest BCUT2D eigenvalue weighted by Crippen LogP contribution is -2.48. The van der Waals surface area contributed by atoms with Gasteiger partial charge in [-0.3, -0.25) is 9.69 Å². The Morgan fingerprint density at radius 2 is 1.96 bits per heavy atom. The van der Waals surface area contributed by atoms with Crippen LogP contribution in [-0.4, -0.2) is 61.6 Å². The molecule has 6 heteroatoms. The predicted molar refractivity (Wildman–Crippen MR) is 97.9 cm³/mol. The number of nitrogens with zero attached hydrogens (tertiary/aromatic N) is 2. The Labute approximate surface area is 153 Å². The minimum Gasteiger partial charge on any atom is -0.467 e. The summed E-state index contributed by atoms with van der Waals surface area (Å²) in [6.45, 7) is 6.23. The smallest absolute Gasteiger partial charge is 0.257 e. The number of nitrogens with one attached hydrogen (secondary N) is 1. The van der Waals surface area contributed by atoms with E-state index >= 15 is 0 Å². The van der Waals surface area contributed by atoms with E-state index in [1.807, 2.05) is 29.2 Å². The molecule has 2 aromatic rings. The van der Waals surface area contributed by atoms with Gasteiger partial charge in [0, 0.05) is 38.8 Å². The number of benzene rings is 1. The van der Waals surface area contributed by atoms with Crippen LogP contribution < -0.4 is 5.32 Å². The molecular weight excluding hydrogens is 330 g/mol. The lowest BCUT2D eigenvalue weighted by atomic mass is 10.0. The molecule has 138 valence electrons. The van der Waals surface area contributed by atoms with Gasteiger partial charge in [0.25, 0.3) is 5.91 Å². The van der Waals surface area contributed by atoms with E-state index in [4.69, 9.17) is 9.15 Å². The zero-order valence-electron chi connectivity index (χ0n) is 14.9. The van der Waals surface area contributed by atoms with Crippen LogP contribution in [0.1, 0.15) is 27.7 Å². The molecule has 1 aromatic heterocycles. The van der Waals surface area contributed by atoms with E-state index in [-0.39, 0.29) is 11.9 Å². The molecule has 1 aromatic carbocycles. The van der Waals surface area contributed by atoms with E-state index in [1.54, 1.807) is 6.26 Å². The highest BCUT2D eigenvalue weighted by Crippen LogP contribution is 2.20. The number of carbonyl (C=O) groups is 1. The van der Waals surface area contributed by atoms with Gasteiger partial charge in [-0.15, -0.1) is 0 Å². The maximum atomic E-state index is 12.9. The number of morpholine rings is 1. The fourth-order valence-corrected chi connectivity index (χ4v) is 3.58. The molecule has 26 heavy (non-hydrogen) atoms. The molecule has 2 fully saturated rings. The third-order valence-electron chi connectivity index (χ3n) is 5.05. The van der Waals surface area contributed by atoms with Crippen molar-refractivity contribution in [2.24, 2.45) is 0 Å². The Balaban J connectivity index is 1.39. The SMILES string of the molecule is O=C(c1coc(CN2CCOCC2)c1)N1CCNC(c2ccccc2)C1. The van der Waals surface area contributed by atoms with Gasteiger partial charge >= 0.3 is 0 Å². The highest BCUT2D eigenvalue weighted by molar-refractivity contribution is 5.94. The molecule has 0 spiro atoms. The molecule has 1 unspecified atom stereocenters. The topological polar surface area (TPSA) is 58.0 Å². The second-order valence-corrected chi connectivity index (χ2v) is 6.86. The van der Waals surface area contributed by atoms with Gasteiger partial charge in [0.15, 0.2) is 0 Å². The lowest BCUT2D eigenvalue weighted by molar-refractivity contribution is 0.0313. The highest BCUT2D eigenvalue weighted by atomic mass is 16.5. The van der Waals surface area contributed by atoms with Crippen molar-refractivity contribution >= 4 is 5.91 Å². The second kappa shape index (κ2) is 8.03. The fourth-order valence-electron chi connectivity index (χ4n) is 3.58. The van der Waals surface area contributed by atoms with Crippen molar-refractivity contribution < 1.29 is 13.9 Å². The van der Waals surface area contributed by atoms with E-state index in [1.165, 1.54) is 5.56 Å². The average Bonchev–Trinajstić information content (AvgIpc) is 3.17. The van der Waals surface area contributed by atoms with Gasteiger partial charge in [0.1, 0.15) is 12.0 Å². The van der Waals surface area contributed by atoms with Gasteiger partial charge < -0.3 is 19.4 Å². The summed E-state index contributed by atoms with van der Waals surface area (Å²) in [6, 6.07) is 12.3. The van der Waals surface area contributed by atoms with E-state index in [2.05, 4.69) is 22.3 Å². The molecule has 2 aliphatic heterocycles. The first-order chi connectivity index (χ1) is 12.8. The number of carbonyl (C=O) groups excluding carboxylic acids is 1. The summed E-state index contributed by atoms with van der Waals surface area (Å²) in [5.74, 6) is 0.884.